The molecule has 1 aromatic heterocycles. The minimum atomic E-state index is -0.394. The third-order valence-electron chi connectivity index (χ3n) is 2.84. The van der Waals surface area contributed by atoms with Crippen LogP contribution in [-0.4, -0.2) is 18.6 Å². The van der Waals surface area contributed by atoms with E-state index in [4.69, 9.17) is 11.6 Å². The molecule has 0 radical (unpaired) electrons. The number of hydrogen-bond donors (Lipinski definition) is 1. The average Bonchev–Trinajstić information content (AvgIpc) is 2.40. The van der Waals surface area contributed by atoms with Crippen LogP contribution in [-0.2, 0) is 0 Å². The molecule has 0 spiro atoms. The Morgan fingerprint density at radius 3 is 2.78 bits per heavy atom. The summed E-state index contributed by atoms with van der Waals surface area (Å²) >= 11 is 5.83. The van der Waals surface area contributed by atoms with E-state index >= 15 is 0 Å². The van der Waals surface area contributed by atoms with Gasteiger partial charge in [-0.1, -0.05) is 23.7 Å². The Balaban J connectivity index is 2.38. The van der Waals surface area contributed by atoms with Gasteiger partial charge in [0.25, 0.3) is 0 Å². The van der Waals surface area contributed by atoms with Crippen LogP contribution in [0.25, 0.3) is 0 Å². The van der Waals surface area contributed by atoms with Crippen molar-refractivity contribution in [2.24, 2.45) is 0 Å². The zero-order valence-corrected chi connectivity index (χ0v) is 10.8. The third-order valence-corrected chi connectivity index (χ3v) is 3.13. The minimum Gasteiger partial charge on any atom is -0.319 e. The van der Waals surface area contributed by atoms with Gasteiger partial charge in [-0.3, -0.25) is 4.98 Å². The van der Waals surface area contributed by atoms with E-state index in [0.29, 0.717) is 0 Å². The van der Waals surface area contributed by atoms with Crippen LogP contribution >= 0.6 is 11.6 Å². The quantitative estimate of drug-likeness (QED) is 0.917. The summed E-state index contributed by atoms with van der Waals surface area (Å²) in [4.78, 5) is 4.12. The monoisotopic (exact) mass is 264 g/mol. The zero-order valence-electron chi connectivity index (χ0n) is 10.0. The normalized spacial score (nSPS) is 12.4. The van der Waals surface area contributed by atoms with Crippen molar-refractivity contribution in [2.45, 2.75) is 5.92 Å². The Labute approximate surface area is 111 Å². The van der Waals surface area contributed by atoms with Crippen LogP contribution in [0, 0.1) is 5.82 Å². The molecule has 1 atom stereocenters. The Kier molecular flexibility index (Phi) is 4.28. The van der Waals surface area contributed by atoms with Crippen LogP contribution in [0.3, 0.4) is 0 Å². The molecule has 2 nitrogen and oxygen atoms in total. The van der Waals surface area contributed by atoms with E-state index in [1.807, 2.05) is 25.4 Å². The highest BCUT2D eigenvalue weighted by Crippen LogP contribution is 2.26. The molecule has 1 unspecified atom stereocenters. The summed E-state index contributed by atoms with van der Waals surface area (Å²) in [6.07, 6.45) is 3.55. The van der Waals surface area contributed by atoms with Crippen LogP contribution < -0.4 is 5.32 Å². The molecule has 0 amide bonds. The maximum Gasteiger partial charge on any atom is 0.141 e. The highest BCUT2D eigenvalue weighted by molar-refractivity contribution is 6.30. The summed E-state index contributed by atoms with van der Waals surface area (Å²) in [5.41, 5.74) is 2.05. The molecule has 0 aliphatic heterocycles. The van der Waals surface area contributed by atoms with Gasteiger partial charge < -0.3 is 5.32 Å². The van der Waals surface area contributed by atoms with Gasteiger partial charge in [0.1, 0.15) is 5.82 Å². The van der Waals surface area contributed by atoms with E-state index < -0.39 is 5.82 Å². The molecule has 94 valence electrons. The first-order valence-corrected chi connectivity index (χ1v) is 6.09. The molecule has 0 bridgehead atoms. The zero-order chi connectivity index (χ0) is 13.0. The predicted molar refractivity (Wildman–Crippen MR) is 71.4 cm³/mol. The molecule has 1 heterocycles. The molecular weight excluding hydrogens is 251 g/mol. The van der Waals surface area contributed by atoms with Crippen molar-refractivity contribution in [2.75, 3.05) is 13.6 Å². The number of rotatable bonds is 4. The third kappa shape index (κ3) is 2.86. The van der Waals surface area contributed by atoms with Gasteiger partial charge in [0, 0.05) is 24.9 Å². The molecule has 0 aliphatic rings. The lowest BCUT2D eigenvalue weighted by molar-refractivity contribution is 0.625. The van der Waals surface area contributed by atoms with Gasteiger partial charge in [0.15, 0.2) is 0 Å². The Hall–Kier alpha value is -1.45. The number of hydrogen-bond acceptors (Lipinski definition) is 2. The largest absolute Gasteiger partial charge is 0.319 e. The SMILES string of the molecule is CNCC(c1cccnc1)c1ccc(F)c(Cl)c1. The number of likely N-dealkylation sites (N-methyl/N-ethyl adjacent to an activating group) is 1. The van der Waals surface area contributed by atoms with E-state index in [1.54, 1.807) is 18.3 Å². The van der Waals surface area contributed by atoms with E-state index in [1.165, 1.54) is 6.07 Å². The summed E-state index contributed by atoms with van der Waals surface area (Å²) < 4.78 is 13.2. The lowest BCUT2D eigenvalue weighted by atomic mass is 9.92. The van der Waals surface area contributed by atoms with Crippen LogP contribution in [0.1, 0.15) is 17.0 Å². The van der Waals surface area contributed by atoms with Crippen molar-refractivity contribution in [3.8, 4) is 0 Å². The predicted octanol–water partition coefficient (Wildman–Crippen LogP) is 3.23. The van der Waals surface area contributed by atoms with Gasteiger partial charge in [0.05, 0.1) is 5.02 Å². The van der Waals surface area contributed by atoms with Gasteiger partial charge >= 0.3 is 0 Å². The maximum absolute atomic E-state index is 13.2. The number of nitrogens with zero attached hydrogens (tertiary/aromatic N) is 1. The molecule has 2 rings (SSSR count). The van der Waals surface area contributed by atoms with Gasteiger partial charge in [0.2, 0.25) is 0 Å². The maximum atomic E-state index is 13.2. The van der Waals surface area contributed by atoms with Crippen LogP contribution in [0.2, 0.25) is 5.02 Å². The minimum absolute atomic E-state index is 0.113. The standard InChI is InChI=1S/C14H14ClFN2/c1-17-9-12(11-3-2-6-18-8-11)10-4-5-14(16)13(15)7-10/h2-8,12,17H,9H2,1H3. The molecular formula is C14H14ClFN2. The van der Waals surface area contributed by atoms with Crippen molar-refractivity contribution >= 4 is 11.6 Å². The van der Waals surface area contributed by atoms with E-state index in [-0.39, 0.29) is 10.9 Å². The molecule has 0 aliphatic carbocycles. The molecule has 18 heavy (non-hydrogen) atoms. The highest BCUT2D eigenvalue weighted by atomic mass is 35.5. The molecule has 4 heteroatoms. The second kappa shape index (κ2) is 5.94. The van der Waals surface area contributed by atoms with E-state index in [9.17, 15) is 4.39 Å². The molecule has 0 saturated heterocycles. The van der Waals surface area contributed by atoms with Gasteiger partial charge in [-0.05, 0) is 36.4 Å². The summed E-state index contributed by atoms with van der Waals surface area (Å²) in [6, 6.07) is 8.73. The fourth-order valence-corrected chi connectivity index (χ4v) is 2.13. The highest BCUT2D eigenvalue weighted by Gasteiger charge is 2.14. The lowest BCUT2D eigenvalue weighted by Crippen LogP contribution is -2.18. The second-order valence-electron chi connectivity index (χ2n) is 4.07. The molecule has 0 saturated carbocycles. The first kappa shape index (κ1) is 13.0. The van der Waals surface area contributed by atoms with Crippen molar-refractivity contribution in [3.63, 3.8) is 0 Å². The lowest BCUT2D eigenvalue weighted by Gasteiger charge is -2.17. The summed E-state index contributed by atoms with van der Waals surface area (Å²) in [5, 5.41) is 3.28. The second-order valence-corrected chi connectivity index (χ2v) is 4.48. The van der Waals surface area contributed by atoms with Crippen molar-refractivity contribution in [1.29, 1.82) is 0 Å². The number of halogens is 2. The Morgan fingerprint density at radius 2 is 2.17 bits per heavy atom. The van der Waals surface area contributed by atoms with Gasteiger partial charge in [-0.15, -0.1) is 0 Å². The summed E-state index contributed by atoms with van der Waals surface area (Å²) in [6.45, 7) is 0.744. The van der Waals surface area contributed by atoms with Crippen LogP contribution in [0.15, 0.2) is 42.7 Å². The first-order chi connectivity index (χ1) is 8.72. The molecule has 2 aromatic rings. The molecule has 1 aromatic carbocycles. The number of benzene rings is 1. The number of pyridine rings is 1. The summed E-state index contributed by atoms with van der Waals surface area (Å²) in [7, 11) is 1.88. The van der Waals surface area contributed by atoms with Crippen molar-refractivity contribution in [3.05, 3.63) is 64.7 Å². The van der Waals surface area contributed by atoms with Crippen LogP contribution in [0.4, 0.5) is 4.39 Å². The Bertz CT molecular complexity index is 516. The van der Waals surface area contributed by atoms with Gasteiger partial charge in [-0.25, -0.2) is 4.39 Å². The number of nitrogens with one attached hydrogen (secondary N) is 1. The topological polar surface area (TPSA) is 24.9 Å². The molecule has 1 N–H and O–H groups in total. The fraction of sp³-hybridized carbons (Fsp3) is 0.214. The first-order valence-electron chi connectivity index (χ1n) is 5.72. The van der Waals surface area contributed by atoms with Crippen molar-refractivity contribution < 1.29 is 4.39 Å². The van der Waals surface area contributed by atoms with Crippen molar-refractivity contribution in [1.82, 2.24) is 10.3 Å². The number of aromatic nitrogens is 1. The van der Waals surface area contributed by atoms with E-state index in [2.05, 4.69) is 10.3 Å². The Morgan fingerprint density at radius 1 is 1.33 bits per heavy atom. The molecule has 0 fully saturated rings. The van der Waals surface area contributed by atoms with Crippen LogP contribution in [0.5, 0.6) is 0 Å². The van der Waals surface area contributed by atoms with E-state index in [0.717, 1.165) is 17.7 Å². The van der Waals surface area contributed by atoms with Gasteiger partial charge in [-0.2, -0.15) is 0 Å². The smallest absolute Gasteiger partial charge is 0.141 e. The summed E-state index contributed by atoms with van der Waals surface area (Å²) in [5.74, 6) is -0.281. The average molecular weight is 265 g/mol. The fourth-order valence-electron chi connectivity index (χ4n) is 1.94.